The monoisotopic (exact) mass is 444 g/mol. The van der Waals surface area contributed by atoms with Crippen LogP contribution in [0.25, 0.3) is 0 Å². The van der Waals surface area contributed by atoms with Crippen molar-refractivity contribution in [1.82, 2.24) is 0 Å². The molecule has 0 fully saturated rings. The van der Waals surface area contributed by atoms with E-state index >= 15 is 0 Å². The van der Waals surface area contributed by atoms with Gasteiger partial charge in [-0.15, -0.1) is 12.8 Å². The molecule has 0 atom stereocenters. The van der Waals surface area contributed by atoms with E-state index in [9.17, 15) is 0 Å². The van der Waals surface area contributed by atoms with Gasteiger partial charge in [-0.1, -0.05) is 52.4 Å². The number of allylic oxidation sites excluding steroid dienone is 8. The Bertz CT molecular complexity index is 466. The molecule has 0 spiro atoms. The van der Waals surface area contributed by atoms with E-state index in [0.717, 1.165) is 12.8 Å². The third-order valence-corrected chi connectivity index (χ3v) is 3.74. The Labute approximate surface area is 187 Å². The molecular weight excluding hydrogens is 415 g/mol. The number of rotatable bonds is 6. The Hall–Kier alpha value is -0.647. The Morgan fingerprint density at radius 3 is 1.46 bits per heavy atom. The normalized spacial score (nSPS) is 13.2. The molecule has 0 saturated carbocycles. The van der Waals surface area contributed by atoms with Gasteiger partial charge in [0.2, 0.25) is 0 Å². The van der Waals surface area contributed by atoms with Crippen LogP contribution in [0.2, 0.25) is 0 Å². The molecule has 3 rings (SSSR count). The maximum Gasteiger partial charge on any atom is 3.00 e. The molecule has 0 amide bonds. The number of benzene rings is 1. The van der Waals surface area contributed by atoms with Crippen LogP contribution in [0.15, 0.2) is 65.8 Å². The van der Waals surface area contributed by atoms with Crippen LogP contribution >= 0.6 is 0 Å². The molecule has 0 aromatic heterocycles. The van der Waals surface area contributed by atoms with Gasteiger partial charge in [-0.05, 0) is 0 Å². The summed E-state index contributed by atoms with van der Waals surface area (Å²) in [5.41, 5.74) is 2.83. The fourth-order valence-corrected chi connectivity index (χ4v) is 2.32. The fraction of sp³-hybridized carbons (Fsp3) is 0.417. The van der Waals surface area contributed by atoms with Gasteiger partial charge in [0.1, 0.15) is 0 Å². The minimum absolute atomic E-state index is 0. The van der Waals surface area contributed by atoms with Crippen LogP contribution in [0.5, 0.6) is 0 Å². The number of hydrogen-bond donors (Lipinski definition) is 0. The summed E-state index contributed by atoms with van der Waals surface area (Å²) in [6, 6.07) is 12.5. The van der Waals surface area contributed by atoms with Crippen LogP contribution in [0, 0.1) is 18.2 Å². The smallest absolute Gasteiger partial charge is 1.00 e. The summed E-state index contributed by atoms with van der Waals surface area (Å²) < 4.78 is 0. The van der Waals surface area contributed by atoms with Crippen molar-refractivity contribution in [1.29, 1.82) is 0 Å². The molecule has 2 aliphatic carbocycles. The van der Waals surface area contributed by atoms with Crippen LogP contribution in [0.4, 0.5) is 0 Å². The number of hydrogen-bond acceptors (Lipinski definition) is 0. The van der Waals surface area contributed by atoms with Crippen LogP contribution in [0.3, 0.4) is 0 Å². The van der Waals surface area contributed by atoms with Crippen molar-refractivity contribution in [3.05, 3.63) is 84.0 Å². The summed E-state index contributed by atoms with van der Waals surface area (Å²) in [5.74, 6) is 0. The quantitative estimate of drug-likeness (QED) is 0.575. The molecule has 0 bridgehead atoms. The molecule has 2 aliphatic rings. The molecule has 0 aliphatic heterocycles. The third kappa shape index (κ3) is 15.6. The fourth-order valence-electron chi connectivity index (χ4n) is 2.32. The van der Waals surface area contributed by atoms with Gasteiger partial charge in [0, 0.05) is 0 Å². The standard InChI is InChI=1S/2C9H13.C6H5.ClH.Zr/c2*1-2-3-6-9-7-4-5-8-9;1-2-4-6-5-3-1;;/h2*4,7H,2-3,5-6H2,1H3;1-5H;1H;/q3*-1;;+3/p-1. The maximum absolute atomic E-state index is 3.30. The van der Waals surface area contributed by atoms with Crippen molar-refractivity contribution in [2.75, 3.05) is 0 Å². The van der Waals surface area contributed by atoms with Gasteiger partial charge in [0.05, 0.1) is 0 Å². The first-order chi connectivity index (χ1) is 11.9. The largest absolute Gasteiger partial charge is 3.00 e. The minimum atomic E-state index is 0. The van der Waals surface area contributed by atoms with E-state index in [4.69, 9.17) is 0 Å². The third-order valence-electron chi connectivity index (χ3n) is 3.74. The van der Waals surface area contributed by atoms with E-state index in [1.165, 1.54) is 49.7 Å². The molecule has 0 heterocycles. The van der Waals surface area contributed by atoms with E-state index in [1.807, 2.05) is 30.3 Å². The van der Waals surface area contributed by atoms with Gasteiger partial charge < -0.3 is 12.4 Å². The summed E-state index contributed by atoms with van der Waals surface area (Å²) in [4.78, 5) is 0. The molecular formula is C24H31ClZr-. The van der Waals surface area contributed by atoms with Crippen molar-refractivity contribution >= 4 is 0 Å². The summed E-state index contributed by atoms with van der Waals surface area (Å²) >= 11 is 0. The Morgan fingerprint density at radius 2 is 1.23 bits per heavy atom. The summed E-state index contributed by atoms with van der Waals surface area (Å²) in [5, 5.41) is 0. The van der Waals surface area contributed by atoms with Crippen molar-refractivity contribution in [3.8, 4) is 0 Å². The summed E-state index contributed by atoms with van der Waals surface area (Å²) in [6.07, 6.45) is 25.1. The van der Waals surface area contributed by atoms with Crippen molar-refractivity contribution < 1.29 is 38.6 Å². The van der Waals surface area contributed by atoms with Crippen LogP contribution < -0.4 is 12.4 Å². The van der Waals surface area contributed by atoms with Gasteiger partial charge in [0.25, 0.3) is 0 Å². The van der Waals surface area contributed by atoms with E-state index in [2.05, 4.69) is 56.4 Å². The van der Waals surface area contributed by atoms with Crippen LogP contribution in [0.1, 0.15) is 65.2 Å². The number of unbranched alkanes of at least 4 members (excludes halogenated alkanes) is 2. The predicted molar refractivity (Wildman–Crippen MR) is 105 cm³/mol. The average molecular weight is 446 g/mol. The zero-order valence-corrected chi connectivity index (χ0v) is 19.4. The molecule has 0 nitrogen and oxygen atoms in total. The van der Waals surface area contributed by atoms with Crippen molar-refractivity contribution in [3.63, 3.8) is 0 Å². The molecule has 26 heavy (non-hydrogen) atoms. The second kappa shape index (κ2) is 20.7. The second-order valence-corrected chi connectivity index (χ2v) is 5.90. The van der Waals surface area contributed by atoms with E-state index in [1.54, 1.807) is 0 Å². The zero-order valence-electron chi connectivity index (χ0n) is 16.2. The molecule has 139 valence electrons. The van der Waals surface area contributed by atoms with E-state index < -0.39 is 0 Å². The maximum atomic E-state index is 3.30. The van der Waals surface area contributed by atoms with Crippen molar-refractivity contribution in [2.45, 2.75) is 65.2 Å². The van der Waals surface area contributed by atoms with Crippen LogP contribution in [-0.2, 0) is 26.2 Å². The minimum Gasteiger partial charge on any atom is -1.00 e. The second-order valence-electron chi connectivity index (χ2n) is 5.90. The van der Waals surface area contributed by atoms with Gasteiger partial charge in [0.15, 0.2) is 0 Å². The summed E-state index contributed by atoms with van der Waals surface area (Å²) in [6.45, 7) is 4.44. The molecule has 0 unspecified atom stereocenters. The van der Waals surface area contributed by atoms with Gasteiger partial charge >= 0.3 is 26.2 Å². The first kappa shape index (κ1) is 27.6. The van der Waals surface area contributed by atoms with E-state index in [0.29, 0.717) is 0 Å². The molecule has 2 heteroatoms. The van der Waals surface area contributed by atoms with Crippen LogP contribution in [-0.4, -0.2) is 0 Å². The molecule has 1 aromatic carbocycles. The molecule has 1 radical (unpaired) electrons. The predicted octanol–water partition coefficient (Wildman–Crippen LogP) is 4.22. The Morgan fingerprint density at radius 1 is 0.769 bits per heavy atom. The molecule has 0 saturated heterocycles. The Kier molecular flexibility index (Phi) is 21.9. The van der Waals surface area contributed by atoms with Gasteiger partial charge in [-0.3, -0.25) is 12.2 Å². The summed E-state index contributed by atoms with van der Waals surface area (Å²) in [7, 11) is 0. The molecule has 0 N–H and O–H groups in total. The number of halogens is 1. The zero-order chi connectivity index (χ0) is 17.3. The first-order valence-corrected chi connectivity index (χ1v) is 9.30. The van der Waals surface area contributed by atoms with Crippen molar-refractivity contribution in [2.24, 2.45) is 0 Å². The SMILES string of the molecule is CCCCC1=[C-]CC=C1.CCCCC1=[C-]CC=C1.[Cl-].[Zr+3].[c-]1ccccc1. The molecule has 1 aromatic rings. The van der Waals surface area contributed by atoms with Gasteiger partial charge in [-0.2, -0.15) is 48.6 Å². The Balaban J connectivity index is 0. The first-order valence-electron chi connectivity index (χ1n) is 9.30. The van der Waals surface area contributed by atoms with Gasteiger partial charge in [-0.25, -0.2) is 23.3 Å². The average Bonchev–Trinajstić information content (AvgIpc) is 3.34. The topological polar surface area (TPSA) is 0 Å². The van der Waals surface area contributed by atoms with E-state index in [-0.39, 0.29) is 38.6 Å².